The lowest BCUT2D eigenvalue weighted by Crippen LogP contribution is -2.42. The molecule has 152 valence electrons. The summed E-state index contributed by atoms with van der Waals surface area (Å²) in [4.78, 5) is 11.1. The largest absolute Gasteiger partial charge is 0.493 e. The van der Waals surface area contributed by atoms with Gasteiger partial charge in [0.05, 0.1) is 19.8 Å². The Balaban J connectivity index is 1.25. The van der Waals surface area contributed by atoms with E-state index in [2.05, 4.69) is 14.9 Å². The normalized spacial score (nSPS) is 27.1. The second-order valence-corrected chi connectivity index (χ2v) is 7.99. The van der Waals surface area contributed by atoms with Crippen molar-refractivity contribution in [2.45, 2.75) is 31.6 Å². The van der Waals surface area contributed by atoms with E-state index in [1.54, 1.807) is 13.3 Å². The highest BCUT2D eigenvalue weighted by molar-refractivity contribution is 5.66. The second kappa shape index (κ2) is 7.65. The summed E-state index contributed by atoms with van der Waals surface area (Å²) < 4.78 is 17.4. The van der Waals surface area contributed by atoms with Crippen molar-refractivity contribution in [3.05, 3.63) is 48.5 Å². The number of nitrogens with zero attached hydrogens (tertiary/aromatic N) is 3. The lowest BCUT2D eigenvalue weighted by molar-refractivity contribution is -0.0240. The summed E-state index contributed by atoms with van der Waals surface area (Å²) in [7, 11) is 1.63. The Morgan fingerprint density at radius 3 is 2.69 bits per heavy atom. The van der Waals surface area contributed by atoms with Gasteiger partial charge in [0.25, 0.3) is 0 Å². The maximum atomic E-state index is 10.7. The van der Waals surface area contributed by atoms with Gasteiger partial charge in [0, 0.05) is 19.3 Å². The first kappa shape index (κ1) is 18.4. The Bertz CT molecular complexity index is 958. The zero-order valence-corrected chi connectivity index (χ0v) is 16.4. The van der Waals surface area contributed by atoms with Crippen molar-refractivity contribution in [2.24, 2.45) is 11.8 Å². The monoisotopic (exact) mass is 395 g/mol. The number of likely N-dealkylation sites (tertiary alicyclic amines) is 1. The van der Waals surface area contributed by atoms with Gasteiger partial charge in [0.1, 0.15) is 6.10 Å². The van der Waals surface area contributed by atoms with Crippen molar-refractivity contribution in [3.8, 4) is 11.5 Å². The van der Waals surface area contributed by atoms with Crippen LogP contribution in [0.3, 0.4) is 0 Å². The van der Waals surface area contributed by atoms with Crippen LogP contribution in [-0.2, 0) is 6.54 Å². The zero-order chi connectivity index (χ0) is 19.8. The summed E-state index contributed by atoms with van der Waals surface area (Å²) >= 11 is 0. The number of aliphatic hydroxyl groups is 1. The van der Waals surface area contributed by atoms with Crippen LogP contribution in [0.25, 0.3) is 11.2 Å². The number of aliphatic hydroxyl groups excluding tert-OH is 1. The van der Waals surface area contributed by atoms with Gasteiger partial charge in [-0.05, 0) is 48.9 Å². The van der Waals surface area contributed by atoms with E-state index in [1.807, 2.05) is 36.4 Å². The molecule has 5 rings (SSSR count). The van der Waals surface area contributed by atoms with Gasteiger partial charge in [-0.25, -0.2) is 4.98 Å². The third-order valence-corrected chi connectivity index (χ3v) is 6.08. The molecule has 3 aromatic rings. The van der Waals surface area contributed by atoms with Gasteiger partial charge in [0.2, 0.25) is 5.89 Å². The molecule has 7 nitrogen and oxygen atoms in total. The number of aromatic nitrogens is 2. The number of benzene rings is 1. The van der Waals surface area contributed by atoms with Crippen LogP contribution >= 0.6 is 0 Å². The Hall–Kier alpha value is -2.64. The standard InChI is InChI=1S/C22H25N3O4/c1-27-17-5-2-3-6-18(17)28-20-10-15-12-25(11-14(15)9-16(20)26)13-21-24-22-19(29-21)7-4-8-23-22/h2-8,14-16,20,26H,9-13H2,1H3/t14-,15+,16+,20+/m0/s1. The van der Waals surface area contributed by atoms with Crippen LogP contribution in [-0.4, -0.2) is 52.4 Å². The summed E-state index contributed by atoms with van der Waals surface area (Å²) in [6, 6.07) is 11.3. The van der Waals surface area contributed by atoms with Gasteiger partial charge < -0.3 is 19.0 Å². The van der Waals surface area contributed by atoms with E-state index in [0.29, 0.717) is 41.4 Å². The number of pyridine rings is 1. The number of ether oxygens (including phenoxy) is 2. The lowest BCUT2D eigenvalue weighted by atomic mass is 9.78. The molecular formula is C22H25N3O4. The molecule has 3 heterocycles. The van der Waals surface area contributed by atoms with Crippen LogP contribution in [0.4, 0.5) is 0 Å². The van der Waals surface area contributed by atoms with Crippen LogP contribution in [0.15, 0.2) is 47.0 Å². The molecule has 1 N–H and O–H groups in total. The van der Waals surface area contributed by atoms with E-state index in [1.165, 1.54) is 0 Å². The highest BCUT2D eigenvalue weighted by Gasteiger charge is 2.43. The molecule has 0 amide bonds. The molecule has 1 saturated heterocycles. The van der Waals surface area contributed by atoms with Gasteiger partial charge >= 0.3 is 0 Å². The molecule has 7 heteroatoms. The molecule has 0 unspecified atom stereocenters. The summed E-state index contributed by atoms with van der Waals surface area (Å²) in [5, 5.41) is 10.7. The minimum absolute atomic E-state index is 0.221. The summed E-state index contributed by atoms with van der Waals surface area (Å²) in [5.74, 6) is 3.02. The molecule has 0 bridgehead atoms. The number of para-hydroxylation sites is 2. The highest BCUT2D eigenvalue weighted by atomic mass is 16.5. The number of oxazole rings is 1. The van der Waals surface area contributed by atoms with Crippen molar-refractivity contribution in [3.63, 3.8) is 0 Å². The van der Waals surface area contributed by atoms with Gasteiger partial charge in [-0.2, -0.15) is 4.98 Å². The van der Waals surface area contributed by atoms with Gasteiger partial charge in [-0.15, -0.1) is 0 Å². The fraction of sp³-hybridized carbons (Fsp3) is 0.455. The van der Waals surface area contributed by atoms with Crippen LogP contribution in [0, 0.1) is 11.8 Å². The Morgan fingerprint density at radius 2 is 1.90 bits per heavy atom. The first-order chi connectivity index (χ1) is 14.2. The predicted octanol–water partition coefficient (Wildman–Crippen LogP) is 2.88. The third kappa shape index (κ3) is 3.68. The Kier molecular flexibility index (Phi) is 4.85. The van der Waals surface area contributed by atoms with E-state index < -0.39 is 6.10 Å². The molecule has 1 aliphatic heterocycles. The first-order valence-corrected chi connectivity index (χ1v) is 10.1. The number of rotatable bonds is 5. The molecule has 2 fully saturated rings. The fourth-order valence-corrected chi connectivity index (χ4v) is 4.70. The molecule has 4 atom stereocenters. The van der Waals surface area contributed by atoms with Gasteiger partial charge in [-0.3, -0.25) is 4.90 Å². The molecule has 2 aromatic heterocycles. The molecule has 1 aliphatic carbocycles. The van der Waals surface area contributed by atoms with E-state index in [-0.39, 0.29) is 6.10 Å². The summed E-state index contributed by atoms with van der Waals surface area (Å²) in [6.45, 7) is 2.56. The molecule has 29 heavy (non-hydrogen) atoms. The van der Waals surface area contributed by atoms with Crippen molar-refractivity contribution < 1.29 is 19.0 Å². The van der Waals surface area contributed by atoms with Crippen LogP contribution < -0.4 is 9.47 Å². The van der Waals surface area contributed by atoms with Crippen molar-refractivity contribution >= 4 is 11.2 Å². The molecule has 0 radical (unpaired) electrons. The number of hydrogen-bond acceptors (Lipinski definition) is 7. The lowest BCUT2D eigenvalue weighted by Gasteiger charge is -2.35. The van der Waals surface area contributed by atoms with Crippen molar-refractivity contribution in [2.75, 3.05) is 20.2 Å². The fourth-order valence-electron chi connectivity index (χ4n) is 4.70. The van der Waals surface area contributed by atoms with E-state index >= 15 is 0 Å². The van der Waals surface area contributed by atoms with Crippen LogP contribution in [0.5, 0.6) is 11.5 Å². The second-order valence-electron chi connectivity index (χ2n) is 7.99. The Labute approximate surface area is 169 Å². The van der Waals surface area contributed by atoms with Gasteiger partial charge in [-0.1, -0.05) is 12.1 Å². The SMILES string of the molecule is COc1ccccc1O[C@@H]1C[C@@H]2CN(Cc3nc4ncccc4o3)C[C@@H]2C[C@H]1O. The zero-order valence-electron chi connectivity index (χ0n) is 16.4. The highest BCUT2D eigenvalue weighted by Crippen LogP contribution is 2.39. The molecule has 2 aliphatic rings. The quantitative estimate of drug-likeness (QED) is 0.711. The molecule has 0 spiro atoms. The summed E-state index contributed by atoms with van der Waals surface area (Å²) in [5.41, 5.74) is 1.37. The number of methoxy groups -OCH3 is 1. The minimum atomic E-state index is -0.477. The van der Waals surface area contributed by atoms with E-state index in [0.717, 1.165) is 31.5 Å². The first-order valence-electron chi connectivity index (χ1n) is 10.1. The molecule has 1 aromatic carbocycles. The van der Waals surface area contributed by atoms with Crippen LogP contribution in [0.2, 0.25) is 0 Å². The average molecular weight is 395 g/mol. The number of fused-ring (bicyclic) bond motifs is 2. The summed E-state index contributed by atoms with van der Waals surface area (Å²) in [6.07, 6.45) is 2.60. The smallest absolute Gasteiger partial charge is 0.211 e. The predicted molar refractivity (Wildman–Crippen MR) is 107 cm³/mol. The molecular weight excluding hydrogens is 370 g/mol. The van der Waals surface area contributed by atoms with Crippen molar-refractivity contribution in [1.82, 2.24) is 14.9 Å². The third-order valence-electron chi connectivity index (χ3n) is 6.08. The van der Waals surface area contributed by atoms with Crippen LogP contribution in [0.1, 0.15) is 18.7 Å². The number of hydrogen-bond donors (Lipinski definition) is 1. The maximum absolute atomic E-state index is 10.7. The van der Waals surface area contributed by atoms with Crippen molar-refractivity contribution in [1.29, 1.82) is 0 Å². The topological polar surface area (TPSA) is 80.9 Å². The van der Waals surface area contributed by atoms with E-state index in [9.17, 15) is 5.11 Å². The maximum Gasteiger partial charge on any atom is 0.211 e. The van der Waals surface area contributed by atoms with Gasteiger partial charge in [0.15, 0.2) is 22.7 Å². The Morgan fingerprint density at radius 1 is 1.10 bits per heavy atom. The minimum Gasteiger partial charge on any atom is -0.493 e. The average Bonchev–Trinajstić information content (AvgIpc) is 3.31. The molecule has 1 saturated carbocycles. The van der Waals surface area contributed by atoms with E-state index in [4.69, 9.17) is 13.9 Å².